The zero-order valence-corrected chi connectivity index (χ0v) is 13.1. The molecule has 0 aliphatic carbocycles. The fourth-order valence-corrected chi connectivity index (χ4v) is 4.34. The summed E-state index contributed by atoms with van der Waals surface area (Å²) < 4.78 is 33.2. The molecule has 0 saturated carbocycles. The van der Waals surface area contributed by atoms with Gasteiger partial charge >= 0.3 is 0 Å². The number of hydrogen-bond acceptors (Lipinski definition) is 4. The first-order valence-electron chi connectivity index (χ1n) is 8.38. The van der Waals surface area contributed by atoms with Crippen molar-refractivity contribution < 1.29 is 13.5 Å². The lowest BCUT2D eigenvalue weighted by Gasteiger charge is -2.39. The Bertz CT molecular complexity index is 573. The second-order valence-corrected chi connectivity index (χ2v) is 7.11. The highest BCUT2D eigenvalue weighted by Crippen LogP contribution is 2.34. The summed E-state index contributed by atoms with van der Waals surface area (Å²) in [4.78, 5) is 2.47. The molecule has 2 unspecified atom stereocenters. The highest BCUT2D eigenvalue weighted by atomic mass is 19.1. The van der Waals surface area contributed by atoms with Gasteiger partial charge < -0.3 is 15.8 Å². The van der Waals surface area contributed by atoms with Crippen molar-refractivity contribution in [3.05, 3.63) is 35.4 Å². The fraction of sp³-hybridized carbons (Fsp3) is 0.647. The molecule has 1 aromatic rings. The van der Waals surface area contributed by atoms with Crippen LogP contribution in [0, 0.1) is 23.5 Å². The average Bonchev–Trinajstić information content (AvgIpc) is 3.11. The Kier molecular flexibility index (Phi) is 4.09. The van der Waals surface area contributed by atoms with E-state index in [-0.39, 0.29) is 17.6 Å². The molecule has 5 atom stereocenters. The molecule has 6 heteroatoms. The van der Waals surface area contributed by atoms with Crippen LogP contribution in [0.25, 0.3) is 0 Å². The van der Waals surface area contributed by atoms with Gasteiger partial charge in [0.25, 0.3) is 0 Å². The predicted octanol–water partition coefficient (Wildman–Crippen LogP) is 1.27. The lowest BCUT2D eigenvalue weighted by molar-refractivity contribution is -0.0483. The minimum absolute atomic E-state index is 0.235. The summed E-state index contributed by atoms with van der Waals surface area (Å²) in [5.74, 6) is 0.542. The molecule has 3 saturated heterocycles. The summed E-state index contributed by atoms with van der Waals surface area (Å²) in [5, 5.41) is 3.44. The van der Waals surface area contributed by atoms with E-state index < -0.39 is 17.7 Å². The Morgan fingerprint density at radius 2 is 1.91 bits per heavy atom. The van der Waals surface area contributed by atoms with Crippen molar-refractivity contribution in [3.8, 4) is 0 Å². The summed E-state index contributed by atoms with van der Waals surface area (Å²) in [6, 6.07) is 3.42. The maximum atomic E-state index is 14.0. The van der Waals surface area contributed by atoms with Crippen LogP contribution < -0.4 is 11.1 Å². The Morgan fingerprint density at radius 3 is 2.61 bits per heavy atom. The standard InChI is InChI=1S/C17H23F2N3O/c18-12-1-2-15(19)14(3-12)17-16(20)4-13(9-23-17)22-7-10-5-21-6-11(10)8-22/h1-3,10-11,13,16-17,21H,4-9,20H2/t10?,11?,13-,16+,17-/m1/s1. The topological polar surface area (TPSA) is 50.5 Å². The van der Waals surface area contributed by atoms with Crippen LogP contribution in [0.3, 0.4) is 0 Å². The summed E-state index contributed by atoms with van der Waals surface area (Å²) >= 11 is 0. The van der Waals surface area contributed by atoms with Crippen LogP contribution in [0.1, 0.15) is 18.1 Å². The van der Waals surface area contributed by atoms with E-state index in [4.69, 9.17) is 10.5 Å². The van der Waals surface area contributed by atoms with Crippen molar-refractivity contribution in [2.24, 2.45) is 17.6 Å². The van der Waals surface area contributed by atoms with Crippen LogP contribution in [0.5, 0.6) is 0 Å². The van der Waals surface area contributed by atoms with Gasteiger partial charge in [0.05, 0.1) is 6.61 Å². The van der Waals surface area contributed by atoms with Crippen molar-refractivity contribution in [1.29, 1.82) is 0 Å². The molecular weight excluding hydrogens is 300 g/mol. The van der Waals surface area contributed by atoms with Crippen LogP contribution in [0.4, 0.5) is 8.78 Å². The van der Waals surface area contributed by atoms with Crippen LogP contribution in [-0.2, 0) is 4.74 Å². The molecule has 4 nitrogen and oxygen atoms in total. The molecule has 0 amide bonds. The molecule has 3 heterocycles. The molecule has 126 valence electrons. The lowest BCUT2D eigenvalue weighted by atomic mass is 9.93. The largest absolute Gasteiger partial charge is 0.370 e. The molecule has 3 N–H and O–H groups in total. The van der Waals surface area contributed by atoms with E-state index in [1.807, 2.05) is 0 Å². The first-order valence-corrected chi connectivity index (χ1v) is 8.38. The number of nitrogens with one attached hydrogen (secondary N) is 1. The molecule has 1 aromatic carbocycles. The van der Waals surface area contributed by atoms with Crippen molar-refractivity contribution in [1.82, 2.24) is 10.2 Å². The van der Waals surface area contributed by atoms with Crippen molar-refractivity contribution in [3.63, 3.8) is 0 Å². The van der Waals surface area contributed by atoms with Crippen LogP contribution in [-0.4, -0.2) is 49.8 Å². The van der Waals surface area contributed by atoms with Gasteiger partial charge in [-0.05, 0) is 49.5 Å². The Morgan fingerprint density at radius 1 is 1.17 bits per heavy atom. The van der Waals surface area contributed by atoms with E-state index in [2.05, 4.69) is 10.2 Å². The smallest absolute Gasteiger partial charge is 0.129 e. The number of ether oxygens (including phenoxy) is 1. The van der Waals surface area contributed by atoms with Crippen molar-refractivity contribution in [2.75, 3.05) is 32.8 Å². The Labute approximate surface area is 135 Å². The molecule has 3 aliphatic heterocycles. The van der Waals surface area contributed by atoms with Gasteiger partial charge in [-0.25, -0.2) is 8.78 Å². The molecule has 4 rings (SSSR count). The summed E-state index contributed by atoms with van der Waals surface area (Å²) in [6.45, 7) is 4.88. The first kappa shape index (κ1) is 15.4. The second kappa shape index (κ2) is 6.09. The van der Waals surface area contributed by atoms with Gasteiger partial charge in [0.2, 0.25) is 0 Å². The maximum absolute atomic E-state index is 14.0. The van der Waals surface area contributed by atoms with E-state index in [0.717, 1.165) is 56.6 Å². The van der Waals surface area contributed by atoms with Gasteiger partial charge in [0, 0.05) is 30.7 Å². The van der Waals surface area contributed by atoms with Gasteiger partial charge in [0.15, 0.2) is 0 Å². The molecule has 0 spiro atoms. The molecule has 0 bridgehead atoms. The third kappa shape index (κ3) is 2.89. The first-order chi connectivity index (χ1) is 11.1. The zero-order valence-electron chi connectivity index (χ0n) is 13.1. The number of hydrogen-bond donors (Lipinski definition) is 2. The van der Waals surface area contributed by atoms with Crippen LogP contribution in [0.2, 0.25) is 0 Å². The van der Waals surface area contributed by atoms with E-state index in [0.29, 0.717) is 6.61 Å². The lowest BCUT2D eigenvalue weighted by Crippen LogP contribution is -2.49. The predicted molar refractivity (Wildman–Crippen MR) is 82.9 cm³/mol. The van der Waals surface area contributed by atoms with Gasteiger partial charge in [-0.15, -0.1) is 0 Å². The van der Waals surface area contributed by atoms with Gasteiger partial charge in [-0.1, -0.05) is 0 Å². The number of nitrogens with two attached hydrogens (primary N) is 1. The average molecular weight is 323 g/mol. The van der Waals surface area contributed by atoms with Gasteiger partial charge in [-0.3, -0.25) is 4.90 Å². The van der Waals surface area contributed by atoms with Crippen molar-refractivity contribution in [2.45, 2.75) is 24.6 Å². The third-order valence-electron chi connectivity index (χ3n) is 5.60. The second-order valence-electron chi connectivity index (χ2n) is 7.11. The number of fused-ring (bicyclic) bond motifs is 1. The molecule has 0 radical (unpaired) electrons. The minimum atomic E-state index is -0.564. The van der Waals surface area contributed by atoms with E-state index in [1.165, 1.54) is 6.07 Å². The summed E-state index contributed by atoms with van der Waals surface area (Å²) in [5.41, 5.74) is 6.49. The minimum Gasteiger partial charge on any atom is -0.370 e. The Balaban J connectivity index is 1.43. The quantitative estimate of drug-likeness (QED) is 0.861. The number of benzene rings is 1. The normalized spacial score (nSPS) is 38.0. The highest BCUT2D eigenvalue weighted by Gasteiger charge is 2.41. The number of nitrogens with zero attached hydrogens (tertiary/aromatic N) is 1. The summed E-state index contributed by atoms with van der Waals surface area (Å²) in [6.07, 6.45) is 0.193. The SMILES string of the molecule is N[C@H]1C[C@@H](N2CC3CNCC3C2)CO[C@@H]1c1cc(F)ccc1F. The van der Waals surface area contributed by atoms with Crippen LogP contribution >= 0.6 is 0 Å². The van der Waals surface area contributed by atoms with E-state index in [9.17, 15) is 8.78 Å². The zero-order chi connectivity index (χ0) is 16.0. The number of rotatable bonds is 2. The Hall–Kier alpha value is -1.08. The number of halogens is 2. The van der Waals surface area contributed by atoms with Crippen LogP contribution in [0.15, 0.2) is 18.2 Å². The van der Waals surface area contributed by atoms with E-state index >= 15 is 0 Å². The highest BCUT2D eigenvalue weighted by molar-refractivity contribution is 5.23. The summed E-state index contributed by atoms with van der Waals surface area (Å²) in [7, 11) is 0. The molecule has 23 heavy (non-hydrogen) atoms. The third-order valence-corrected chi connectivity index (χ3v) is 5.60. The fourth-order valence-electron chi connectivity index (χ4n) is 4.34. The molecule has 3 fully saturated rings. The van der Waals surface area contributed by atoms with Gasteiger partial charge in [-0.2, -0.15) is 0 Å². The molecule has 0 aromatic heterocycles. The maximum Gasteiger partial charge on any atom is 0.129 e. The van der Waals surface area contributed by atoms with Gasteiger partial charge in [0.1, 0.15) is 17.7 Å². The number of likely N-dealkylation sites (tertiary alicyclic amines) is 1. The monoisotopic (exact) mass is 323 g/mol. The van der Waals surface area contributed by atoms with E-state index in [1.54, 1.807) is 0 Å². The van der Waals surface area contributed by atoms with Crippen molar-refractivity contribution >= 4 is 0 Å². The molecular formula is C17H23F2N3O. The molecule has 3 aliphatic rings.